The number of hydrogen-bond donors (Lipinski definition) is 1. The van der Waals surface area contributed by atoms with Gasteiger partial charge >= 0.3 is 0 Å². The summed E-state index contributed by atoms with van der Waals surface area (Å²) in [5, 5.41) is 3.42. The van der Waals surface area contributed by atoms with Gasteiger partial charge in [0.1, 0.15) is 4.88 Å². The Balaban J connectivity index is 1.29. The lowest BCUT2D eigenvalue weighted by atomic mass is 9.94. The van der Waals surface area contributed by atoms with E-state index in [2.05, 4.69) is 5.32 Å². The van der Waals surface area contributed by atoms with E-state index >= 15 is 0 Å². The minimum atomic E-state index is -0.617. The first-order valence-corrected chi connectivity index (χ1v) is 12.1. The first-order chi connectivity index (χ1) is 16.6. The second-order valence-corrected chi connectivity index (χ2v) is 9.57. The average molecular weight is 478 g/mol. The molecule has 34 heavy (non-hydrogen) atoms. The molecular formula is C25H23N3O5S. The maximum atomic E-state index is 13.4. The Bertz CT molecular complexity index is 1250. The number of anilines is 1. The van der Waals surface area contributed by atoms with Gasteiger partial charge in [-0.15, -0.1) is 0 Å². The molecule has 1 aromatic heterocycles. The molecule has 6 rings (SSSR count). The van der Waals surface area contributed by atoms with E-state index in [1.807, 2.05) is 48.5 Å². The van der Waals surface area contributed by atoms with Gasteiger partial charge in [-0.3, -0.25) is 9.59 Å². The summed E-state index contributed by atoms with van der Waals surface area (Å²) >= 11 is 1.22. The van der Waals surface area contributed by atoms with Gasteiger partial charge in [0.15, 0.2) is 16.6 Å². The predicted molar refractivity (Wildman–Crippen MR) is 126 cm³/mol. The molecule has 1 N–H and O–H groups in total. The maximum absolute atomic E-state index is 13.4. The van der Waals surface area contributed by atoms with Crippen LogP contribution < -0.4 is 14.8 Å². The van der Waals surface area contributed by atoms with E-state index in [1.54, 1.807) is 4.90 Å². The van der Waals surface area contributed by atoms with Gasteiger partial charge in [0.25, 0.3) is 5.91 Å². The van der Waals surface area contributed by atoms with Crippen molar-refractivity contribution in [1.82, 2.24) is 9.88 Å². The molecular weight excluding hydrogens is 454 g/mol. The molecule has 0 bridgehead atoms. The van der Waals surface area contributed by atoms with Crippen molar-refractivity contribution in [1.29, 1.82) is 0 Å². The molecule has 0 spiro atoms. The number of nitrogens with one attached hydrogen (secondary N) is 1. The Morgan fingerprint density at radius 2 is 1.76 bits per heavy atom. The monoisotopic (exact) mass is 477 g/mol. The molecule has 2 amide bonds. The molecule has 0 radical (unpaired) electrons. The van der Waals surface area contributed by atoms with Crippen molar-refractivity contribution in [2.75, 3.05) is 38.4 Å². The van der Waals surface area contributed by atoms with Crippen LogP contribution in [0.1, 0.15) is 28.1 Å². The highest BCUT2D eigenvalue weighted by Gasteiger charge is 2.52. The fourth-order valence-electron chi connectivity index (χ4n) is 4.40. The number of benzene rings is 2. The zero-order valence-corrected chi connectivity index (χ0v) is 19.2. The smallest absolute Gasteiger partial charge is 0.266 e. The summed E-state index contributed by atoms with van der Waals surface area (Å²) in [7, 11) is 0. The van der Waals surface area contributed by atoms with Crippen LogP contribution in [0.3, 0.4) is 0 Å². The topological polar surface area (TPSA) is 90.0 Å². The zero-order chi connectivity index (χ0) is 23.1. The third-order valence-electron chi connectivity index (χ3n) is 6.50. The summed E-state index contributed by atoms with van der Waals surface area (Å²) in [6, 6.07) is 15.2. The predicted octanol–water partition coefficient (Wildman–Crippen LogP) is 3.68. The third-order valence-corrected chi connectivity index (χ3v) is 7.46. The van der Waals surface area contributed by atoms with Crippen molar-refractivity contribution in [2.45, 2.75) is 18.3 Å². The highest BCUT2D eigenvalue weighted by Crippen LogP contribution is 2.51. The van der Waals surface area contributed by atoms with Crippen molar-refractivity contribution >= 4 is 28.3 Å². The molecule has 174 valence electrons. The number of nitrogens with zero attached hydrogens (tertiary/aromatic N) is 2. The molecule has 2 fully saturated rings. The first-order valence-electron chi connectivity index (χ1n) is 11.3. The van der Waals surface area contributed by atoms with Crippen LogP contribution in [0.2, 0.25) is 0 Å². The lowest BCUT2D eigenvalue weighted by molar-refractivity contribution is -0.118. The third kappa shape index (κ3) is 3.70. The number of thiazole rings is 1. The number of aromatic nitrogens is 1. The molecule has 1 saturated heterocycles. The number of hydrogen-bond acceptors (Lipinski definition) is 7. The number of amides is 2. The molecule has 2 aromatic carbocycles. The van der Waals surface area contributed by atoms with E-state index in [1.165, 1.54) is 11.3 Å². The van der Waals surface area contributed by atoms with E-state index in [4.69, 9.17) is 19.2 Å². The van der Waals surface area contributed by atoms with Crippen LogP contribution in [0, 0.1) is 0 Å². The van der Waals surface area contributed by atoms with Crippen molar-refractivity contribution in [3.63, 3.8) is 0 Å². The number of carbonyl (C=O) groups is 2. The second kappa shape index (κ2) is 8.41. The lowest BCUT2D eigenvalue weighted by Gasteiger charge is -2.26. The van der Waals surface area contributed by atoms with Crippen LogP contribution in [0.4, 0.5) is 5.13 Å². The van der Waals surface area contributed by atoms with Crippen LogP contribution in [0.5, 0.6) is 11.5 Å². The van der Waals surface area contributed by atoms with Crippen LogP contribution >= 0.6 is 11.3 Å². The van der Waals surface area contributed by atoms with E-state index in [0.717, 1.165) is 24.0 Å². The minimum absolute atomic E-state index is 0.0861. The summed E-state index contributed by atoms with van der Waals surface area (Å²) in [5.41, 5.74) is 1.71. The van der Waals surface area contributed by atoms with Gasteiger partial charge in [-0.1, -0.05) is 47.7 Å². The molecule has 2 aliphatic heterocycles. The molecule has 8 nitrogen and oxygen atoms in total. The fourth-order valence-corrected chi connectivity index (χ4v) is 5.35. The van der Waals surface area contributed by atoms with Crippen LogP contribution in [-0.2, 0) is 14.9 Å². The number of fused-ring (bicyclic) bond motifs is 1. The van der Waals surface area contributed by atoms with Gasteiger partial charge in [0.2, 0.25) is 12.7 Å². The normalized spacial score (nSPS) is 17.9. The van der Waals surface area contributed by atoms with Crippen LogP contribution in [0.25, 0.3) is 11.3 Å². The van der Waals surface area contributed by atoms with Gasteiger partial charge in [-0.25, -0.2) is 4.98 Å². The van der Waals surface area contributed by atoms with Gasteiger partial charge in [0.05, 0.1) is 24.3 Å². The molecule has 1 saturated carbocycles. The number of rotatable bonds is 5. The summed E-state index contributed by atoms with van der Waals surface area (Å²) in [6.07, 6.45) is 1.49. The van der Waals surface area contributed by atoms with E-state index in [-0.39, 0.29) is 18.6 Å². The highest BCUT2D eigenvalue weighted by molar-refractivity contribution is 7.18. The maximum Gasteiger partial charge on any atom is 0.266 e. The summed E-state index contributed by atoms with van der Waals surface area (Å²) in [6.45, 7) is 2.32. The van der Waals surface area contributed by atoms with Crippen molar-refractivity contribution in [2.24, 2.45) is 0 Å². The largest absolute Gasteiger partial charge is 0.454 e. The average Bonchev–Trinajstić information content (AvgIpc) is 3.38. The molecule has 1 aliphatic carbocycles. The molecule has 9 heteroatoms. The number of morpholine rings is 1. The second-order valence-electron chi connectivity index (χ2n) is 8.57. The Labute approximate surface area is 200 Å². The molecule has 3 heterocycles. The Morgan fingerprint density at radius 1 is 1.00 bits per heavy atom. The lowest BCUT2D eigenvalue weighted by Crippen LogP contribution is -2.40. The zero-order valence-electron chi connectivity index (χ0n) is 18.4. The van der Waals surface area contributed by atoms with Crippen molar-refractivity contribution < 1.29 is 23.8 Å². The number of carbonyl (C=O) groups excluding carboxylic acids is 2. The van der Waals surface area contributed by atoms with Gasteiger partial charge < -0.3 is 24.4 Å². The molecule has 3 aliphatic rings. The van der Waals surface area contributed by atoms with Crippen LogP contribution in [0.15, 0.2) is 48.5 Å². The highest BCUT2D eigenvalue weighted by atomic mass is 32.1. The van der Waals surface area contributed by atoms with E-state index in [9.17, 15) is 9.59 Å². The standard InChI is InChI=1S/C25H23N3O5S/c29-22(28-10-12-31-13-11-28)21-20(16-4-2-1-3-5-16)26-24(34-21)27-23(30)25(8-9-25)17-6-7-18-19(14-17)33-15-32-18/h1-7,14H,8-13,15H2,(H,26,27,30). The van der Waals surface area contributed by atoms with Crippen LogP contribution in [-0.4, -0.2) is 54.8 Å². The quantitative estimate of drug-likeness (QED) is 0.603. The number of ether oxygens (including phenoxy) is 3. The van der Waals surface area contributed by atoms with Gasteiger partial charge in [-0.2, -0.15) is 0 Å². The summed E-state index contributed by atoms with van der Waals surface area (Å²) in [4.78, 5) is 33.7. The SMILES string of the molecule is O=C(c1sc(NC(=O)C2(c3ccc4c(c3)OCO4)CC2)nc1-c1ccccc1)N1CCOCC1. The van der Waals surface area contributed by atoms with Gasteiger partial charge in [0, 0.05) is 18.7 Å². The minimum Gasteiger partial charge on any atom is -0.454 e. The Morgan fingerprint density at radius 3 is 2.53 bits per heavy atom. The Kier molecular flexibility index (Phi) is 5.23. The van der Waals surface area contributed by atoms with Gasteiger partial charge in [-0.05, 0) is 30.5 Å². The van der Waals surface area contributed by atoms with E-state index in [0.29, 0.717) is 53.5 Å². The molecule has 3 aromatic rings. The fraction of sp³-hybridized carbons (Fsp3) is 0.320. The van der Waals surface area contributed by atoms with Crippen molar-refractivity contribution in [3.8, 4) is 22.8 Å². The Hall–Kier alpha value is -3.43. The van der Waals surface area contributed by atoms with Crippen molar-refractivity contribution in [3.05, 3.63) is 59.0 Å². The first kappa shape index (κ1) is 21.1. The summed E-state index contributed by atoms with van der Waals surface area (Å²) in [5.74, 6) is 1.15. The summed E-state index contributed by atoms with van der Waals surface area (Å²) < 4.78 is 16.3. The van der Waals surface area contributed by atoms with E-state index < -0.39 is 5.41 Å². The molecule has 0 atom stereocenters. The molecule has 0 unspecified atom stereocenters.